The van der Waals surface area contributed by atoms with Crippen molar-refractivity contribution >= 4 is 23.1 Å². The molecule has 2 aromatic carbocycles. The minimum Gasteiger partial charge on any atom is -0.493 e. The van der Waals surface area contributed by atoms with Crippen molar-refractivity contribution in [2.75, 3.05) is 19.5 Å². The number of fused-ring (bicyclic) bond motifs is 1. The largest absolute Gasteiger partial charge is 0.493 e. The van der Waals surface area contributed by atoms with Gasteiger partial charge in [0.05, 0.1) is 33.2 Å². The fourth-order valence-corrected chi connectivity index (χ4v) is 3.74. The predicted octanol–water partition coefficient (Wildman–Crippen LogP) is 4.68. The first-order chi connectivity index (χ1) is 17.2. The van der Waals surface area contributed by atoms with Gasteiger partial charge in [0, 0.05) is 29.2 Å². The number of carbonyl (C=O) groups excluding carboxylic acids is 1. The lowest BCUT2D eigenvalue weighted by atomic mass is 10.1. The van der Waals surface area contributed by atoms with Crippen LogP contribution in [0.4, 0.5) is 11.5 Å². The van der Waals surface area contributed by atoms with Gasteiger partial charge in [-0.3, -0.25) is 14.2 Å². The monoisotopic (exact) mass is 469 g/mol. The summed E-state index contributed by atoms with van der Waals surface area (Å²) in [4.78, 5) is 21.4. The number of benzene rings is 2. The van der Waals surface area contributed by atoms with Gasteiger partial charge in [-0.25, -0.2) is 4.98 Å². The molecule has 0 aliphatic carbocycles. The third kappa shape index (κ3) is 4.51. The maximum atomic E-state index is 12.5. The predicted molar refractivity (Wildman–Crippen MR) is 131 cm³/mol. The summed E-state index contributed by atoms with van der Waals surface area (Å²) in [5, 5.41) is 6.28. The van der Waals surface area contributed by atoms with Crippen molar-refractivity contribution in [1.82, 2.24) is 19.7 Å². The van der Waals surface area contributed by atoms with Gasteiger partial charge in [0.2, 0.25) is 0 Å². The Morgan fingerprint density at radius 3 is 2.63 bits per heavy atom. The first kappa shape index (κ1) is 22.0. The van der Waals surface area contributed by atoms with Gasteiger partial charge in [-0.15, -0.1) is 0 Å². The maximum absolute atomic E-state index is 12.5. The van der Waals surface area contributed by atoms with Crippen molar-refractivity contribution in [3.05, 3.63) is 90.8 Å². The lowest BCUT2D eigenvalue weighted by Gasteiger charge is -2.12. The third-order valence-electron chi connectivity index (χ3n) is 5.50. The van der Waals surface area contributed by atoms with Gasteiger partial charge in [0.1, 0.15) is 17.3 Å². The number of furan rings is 1. The van der Waals surface area contributed by atoms with Crippen LogP contribution in [0, 0.1) is 0 Å². The molecule has 0 atom stereocenters. The average molecular weight is 470 g/mol. The molecule has 3 aromatic heterocycles. The smallest absolute Gasteiger partial charge is 0.251 e. The van der Waals surface area contributed by atoms with Crippen molar-refractivity contribution in [2.45, 2.75) is 6.54 Å². The summed E-state index contributed by atoms with van der Waals surface area (Å²) in [5.41, 5.74) is 3.60. The lowest BCUT2D eigenvalue weighted by Crippen LogP contribution is -2.22. The summed E-state index contributed by atoms with van der Waals surface area (Å²) >= 11 is 0. The molecule has 0 aliphatic heterocycles. The van der Waals surface area contributed by atoms with Crippen LogP contribution in [-0.2, 0) is 6.54 Å². The van der Waals surface area contributed by atoms with E-state index in [0.29, 0.717) is 35.0 Å². The number of imidazole rings is 1. The van der Waals surface area contributed by atoms with E-state index in [9.17, 15) is 4.79 Å². The van der Waals surface area contributed by atoms with E-state index >= 15 is 0 Å². The van der Waals surface area contributed by atoms with Gasteiger partial charge in [-0.05, 0) is 54.6 Å². The lowest BCUT2D eigenvalue weighted by molar-refractivity contribution is 0.0948. The maximum Gasteiger partial charge on any atom is 0.251 e. The Morgan fingerprint density at radius 2 is 1.89 bits per heavy atom. The van der Waals surface area contributed by atoms with E-state index in [-0.39, 0.29) is 5.91 Å². The molecule has 0 bridgehead atoms. The van der Waals surface area contributed by atoms with Crippen LogP contribution in [-0.4, -0.2) is 34.5 Å². The van der Waals surface area contributed by atoms with Crippen molar-refractivity contribution in [2.24, 2.45) is 0 Å². The second-order valence-electron chi connectivity index (χ2n) is 7.65. The summed E-state index contributed by atoms with van der Waals surface area (Å²) in [7, 11) is 3.20. The van der Waals surface area contributed by atoms with E-state index in [1.807, 2.05) is 47.0 Å². The number of nitrogens with zero attached hydrogens (tertiary/aromatic N) is 3. The molecule has 0 saturated carbocycles. The van der Waals surface area contributed by atoms with E-state index in [2.05, 4.69) is 15.6 Å². The molecule has 5 aromatic rings. The number of ether oxygens (including phenoxy) is 2. The molecule has 0 unspecified atom stereocenters. The molecule has 35 heavy (non-hydrogen) atoms. The number of hydrogen-bond acceptors (Lipinski definition) is 7. The molecule has 5 rings (SSSR count). The second kappa shape index (κ2) is 9.60. The molecule has 1 amide bonds. The Hall–Kier alpha value is -4.79. The highest BCUT2D eigenvalue weighted by Crippen LogP contribution is 2.36. The van der Waals surface area contributed by atoms with E-state index in [1.165, 1.54) is 0 Å². The standard InChI is InChI=1S/C26H23N5O4/c1-33-21-10-7-18(14-22(21)34-2)24-25(31-12-11-27-16-23(31)30-24)29-19-8-5-17(6-9-19)26(32)28-15-20-4-3-13-35-20/h3-14,16,29H,15H2,1-2H3,(H,28,32). The zero-order valence-corrected chi connectivity index (χ0v) is 19.2. The zero-order valence-electron chi connectivity index (χ0n) is 19.2. The molecule has 0 spiro atoms. The van der Waals surface area contributed by atoms with E-state index in [4.69, 9.17) is 18.9 Å². The number of aromatic nitrogens is 3. The van der Waals surface area contributed by atoms with Crippen LogP contribution in [0.15, 0.2) is 83.9 Å². The minimum absolute atomic E-state index is 0.181. The first-order valence-electron chi connectivity index (χ1n) is 10.9. The highest BCUT2D eigenvalue weighted by molar-refractivity contribution is 5.94. The van der Waals surface area contributed by atoms with Gasteiger partial charge in [-0.2, -0.15) is 0 Å². The fourth-order valence-electron chi connectivity index (χ4n) is 3.74. The molecule has 9 nitrogen and oxygen atoms in total. The Morgan fingerprint density at radius 1 is 1.06 bits per heavy atom. The SMILES string of the molecule is COc1ccc(-c2nc3cnccn3c2Nc2ccc(C(=O)NCc3ccco3)cc2)cc1OC. The summed E-state index contributed by atoms with van der Waals surface area (Å²) in [6.07, 6.45) is 6.81. The second-order valence-corrected chi connectivity index (χ2v) is 7.65. The van der Waals surface area contributed by atoms with Crippen molar-refractivity contribution < 1.29 is 18.7 Å². The fraction of sp³-hybridized carbons (Fsp3) is 0.115. The topological polar surface area (TPSA) is 103 Å². The van der Waals surface area contributed by atoms with Crippen molar-refractivity contribution in [1.29, 1.82) is 0 Å². The van der Waals surface area contributed by atoms with Crippen LogP contribution in [0.2, 0.25) is 0 Å². The molecule has 176 valence electrons. The van der Waals surface area contributed by atoms with Crippen LogP contribution < -0.4 is 20.1 Å². The Balaban J connectivity index is 1.42. The highest BCUT2D eigenvalue weighted by atomic mass is 16.5. The molecule has 0 radical (unpaired) electrons. The summed E-state index contributed by atoms with van der Waals surface area (Å²) in [6.45, 7) is 0.330. The number of carbonyl (C=O) groups is 1. The first-order valence-corrected chi connectivity index (χ1v) is 10.9. The Bertz CT molecular complexity index is 1460. The van der Waals surface area contributed by atoms with E-state index < -0.39 is 0 Å². The van der Waals surface area contributed by atoms with Crippen LogP contribution in [0.1, 0.15) is 16.1 Å². The van der Waals surface area contributed by atoms with Crippen molar-refractivity contribution in [3.63, 3.8) is 0 Å². The van der Waals surface area contributed by atoms with Gasteiger partial charge < -0.3 is 24.5 Å². The summed E-state index contributed by atoms with van der Waals surface area (Å²) in [5.74, 6) is 2.51. The van der Waals surface area contributed by atoms with Gasteiger partial charge in [0.15, 0.2) is 17.1 Å². The Labute approximate surface area is 201 Å². The molecule has 0 fully saturated rings. The number of hydrogen-bond donors (Lipinski definition) is 2. The highest BCUT2D eigenvalue weighted by Gasteiger charge is 2.17. The van der Waals surface area contributed by atoms with E-state index in [1.54, 1.807) is 51.1 Å². The van der Waals surface area contributed by atoms with Gasteiger partial charge >= 0.3 is 0 Å². The molecule has 0 aliphatic rings. The minimum atomic E-state index is -0.181. The van der Waals surface area contributed by atoms with Gasteiger partial charge in [0.25, 0.3) is 5.91 Å². The molecule has 0 saturated heterocycles. The molecular formula is C26H23N5O4. The van der Waals surface area contributed by atoms with Crippen LogP contribution >= 0.6 is 0 Å². The number of nitrogens with one attached hydrogen (secondary N) is 2. The molecule has 2 N–H and O–H groups in total. The molecular weight excluding hydrogens is 446 g/mol. The number of amides is 1. The molecule has 3 heterocycles. The summed E-state index contributed by atoms with van der Waals surface area (Å²) in [6, 6.07) is 16.5. The molecule has 9 heteroatoms. The van der Waals surface area contributed by atoms with Crippen LogP contribution in [0.3, 0.4) is 0 Å². The summed E-state index contributed by atoms with van der Waals surface area (Å²) < 4.78 is 18.0. The van der Waals surface area contributed by atoms with Crippen molar-refractivity contribution in [3.8, 4) is 22.8 Å². The number of rotatable bonds is 8. The normalized spacial score (nSPS) is 10.8. The quantitative estimate of drug-likeness (QED) is 0.340. The van der Waals surface area contributed by atoms with Gasteiger partial charge in [-0.1, -0.05) is 0 Å². The zero-order chi connectivity index (χ0) is 24.2. The third-order valence-corrected chi connectivity index (χ3v) is 5.50. The number of methoxy groups -OCH3 is 2. The number of anilines is 2. The van der Waals surface area contributed by atoms with Crippen LogP contribution in [0.25, 0.3) is 16.9 Å². The van der Waals surface area contributed by atoms with Crippen LogP contribution in [0.5, 0.6) is 11.5 Å². The average Bonchev–Trinajstić information content (AvgIpc) is 3.55. The van der Waals surface area contributed by atoms with E-state index in [0.717, 1.165) is 22.8 Å². The Kier molecular flexibility index (Phi) is 6.04.